The first kappa shape index (κ1) is 21.0. The van der Waals surface area contributed by atoms with E-state index in [1.165, 1.54) is 12.3 Å². The molecule has 0 aliphatic rings. The Morgan fingerprint density at radius 3 is 2.50 bits per heavy atom. The molecule has 1 N–H and O–H groups in total. The lowest BCUT2D eigenvalue weighted by molar-refractivity contribution is -0.274. The molecule has 0 saturated carbocycles. The Morgan fingerprint density at radius 2 is 1.78 bits per heavy atom. The van der Waals surface area contributed by atoms with Gasteiger partial charge in [-0.1, -0.05) is 0 Å². The molecule has 2 aromatic carbocycles. The summed E-state index contributed by atoms with van der Waals surface area (Å²) in [4.78, 5) is 12.5. The number of carbonyl (C=O) groups excluding carboxylic acids is 1. The highest BCUT2D eigenvalue weighted by atomic mass is 19.4. The van der Waals surface area contributed by atoms with Gasteiger partial charge in [0.25, 0.3) is 11.8 Å². The predicted octanol–water partition coefficient (Wildman–Crippen LogP) is 5.43. The Hall–Kier alpha value is -4.22. The molecular weight excluding hydrogens is 441 g/mol. The van der Waals surface area contributed by atoms with Gasteiger partial charge in [0, 0.05) is 5.56 Å². The number of rotatable bonds is 5. The summed E-state index contributed by atoms with van der Waals surface area (Å²) >= 11 is 0. The van der Waals surface area contributed by atoms with Gasteiger partial charge in [-0.15, -0.1) is 23.4 Å². The van der Waals surface area contributed by atoms with E-state index in [1.807, 2.05) is 0 Å². The Morgan fingerprint density at radius 1 is 1.00 bits per heavy atom. The van der Waals surface area contributed by atoms with E-state index in [0.717, 1.165) is 12.1 Å². The molecule has 2 aromatic heterocycles. The van der Waals surface area contributed by atoms with Crippen LogP contribution in [0.1, 0.15) is 10.4 Å². The molecule has 32 heavy (non-hydrogen) atoms. The first-order valence-corrected chi connectivity index (χ1v) is 8.73. The van der Waals surface area contributed by atoms with Gasteiger partial charge in [0.2, 0.25) is 5.89 Å². The van der Waals surface area contributed by atoms with Crippen LogP contribution >= 0.6 is 0 Å². The zero-order valence-corrected chi connectivity index (χ0v) is 15.6. The van der Waals surface area contributed by atoms with Crippen LogP contribution in [0.5, 0.6) is 5.75 Å². The minimum absolute atomic E-state index is 0.0428. The highest BCUT2D eigenvalue weighted by Crippen LogP contribution is 2.30. The minimum atomic E-state index is -5.12. The molecule has 1 amide bonds. The Labute approximate surface area is 175 Å². The van der Waals surface area contributed by atoms with Gasteiger partial charge in [0.1, 0.15) is 17.4 Å². The van der Waals surface area contributed by atoms with Gasteiger partial charge in [-0.2, -0.15) is 0 Å². The van der Waals surface area contributed by atoms with Crippen LogP contribution < -0.4 is 10.1 Å². The molecular formula is C20H10F5N3O4. The number of ether oxygens (including phenoxy) is 1. The third kappa shape index (κ3) is 4.58. The Kier molecular flexibility index (Phi) is 5.34. The second-order valence-electron chi connectivity index (χ2n) is 6.23. The topological polar surface area (TPSA) is 90.4 Å². The van der Waals surface area contributed by atoms with Gasteiger partial charge >= 0.3 is 6.36 Å². The molecule has 0 aliphatic carbocycles. The summed E-state index contributed by atoms with van der Waals surface area (Å²) in [5, 5.41) is 9.69. The van der Waals surface area contributed by atoms with Crippen molar-refractivity contribution >= 4 is 11.6 Å². The fraction of sp³-hybridized carbons (Fsp3) is 0.0500. The zero-order chi connectivity index (χ0) is 22.9. The van der Waals surface area contributed by atoms with Crippen molar-refractivity contribution < 1.29 is 40.3 Å². The largest absolute Gasteiger partial charge is 0.573 e. The van der Waals surface area contributed by atoms with Crippen LogP contribution in [0.4, 0.5) is 27.6 Å². The molecule has 12 heteroatoms. The first-order valence-electron chi connectivity index (χ1n) is 8.73. The number of aromatic nitrogens is 2. The summed E-state index contributed by atoms with van der Waals surface area (Å²) in [6, 6.07) is 8.42. The summed E-state index contributed by atoms with van der Waals surface area (Å²) in [7, 11) is 0. The van der Waals surface area contributed by atoms with E-state index in [-0.39, 0.29) is 17.3 Å². The van der Waals surface area contributed by atoms with E-state index >= 15 is 0 Å². The standard InChI is InChI=1S/C20H10F5N3O4/c21-11-4-6-15(32-20(23,24)25)12(9-11)17(29)26-14-8-10(3-5-13(14)22)18-27-28-19(31-18)16-2-1-7-30-16/h1-9H,(H,26,29). The lowest BCUT2D eigenvalue weighted by Gasteiger charge is -2.14. The second-order valence-corrected chi connectivity index (χ2v) is 6.23. The zero-order valence-electron chi connectivity index (χ0n) is 15.6. The van der Waals surface area contributed by atoms with Gasteiger partial charge < -0.3 is 18.9 Å². The maximum absolute atomic E-state index is 14.3. The highest BCUT2D eigenvalue weighted by Gasteiger charge is 2.33. The summed E-state index contributed by atoms with van der Waals surface area (Å²) < 4.78 is 79.9. The minimum Gasteiger partial charge on any atom is -0.459 e. The molecule has 7 nitrogen and oxygen atoms in total. The van der Waals surface area contributed by atoms with Crippen molar-refractivity contribution in [2.45, 2.75) is 6.36 Å². The number of amides is 1. The third-order valence-corrected chi connectivity index (χ3v) is 4.03. The average Bonchev–Trinajstić information content (AvgIpc) is 3.41. The van der Waals surface area contributed by atoms with Crippen LogP contribution in [0.15, 0.2) is 63.6 Å². The SMILES string of the molecule is O=C(Nc1cc(-c2nnc(-c3ccco3)o2)ccc1F)c1cc(F)ccc1OC(F)(F)F. The van der Waals surface area contributed by atoms with Gasteiger partial charge in [-0.05, 0) is 48.5 Å². The van der Waals surface area contributed by atoms with Crippen molar-refractivity contribution in [2.24, 2.45) is 0 Å². The number of halogens is 5. The van der Waals surface area contributed by atoms with Gasteiger partial charge in [0.05, 0.1) is 17.5 Å². The molecule has 164 valence electrons. The summed E-state index contributed by atoms with van der Waals surface area (Å²) in [6.45, 7) is 0. The highest BCUT2D eigenvalue weighted by molar-refractivity contribution is 6.06. The van der Waals surface area contributed by atoms with Crippen LogP contribution in [0, 0.1) is 11.6 Å². The van der Waals surface area contributed by atoms with E-state index in [9.17, 15) is 26.7 Å². The van der Waals surface area contributed by atoms with E-state index in [0.29, 0.717) is 24.0 Å². The molecule has 0 atom stereocenters. The van der Waals surface area contributed by atoms with E-state index in [2.05, 4.69) is 20.3 Å². The van der Waals surface area contributed by atoms with E-state index < -0.39 is 40.9 Å². The van der Waals surface area contributed by atoms with Crippen molar-refractivity contribution in [3.8, 4) is 28.9 Å². The average molecular weight is 451 g/mol. The number of nitrogens with zero attached hydrogens (tertiary/aromatic N) is 2. The normalized spacial score (nSPS) is 11.4. The summed E-state index contributed by atoms with van der Waals surface area (Å²) in [5.41, 5.74) is -1.02. The number of furan rings is 1. The van der Waals surface area contributed by atoms with Crippen molar-refractivity contribution in [1.29, 1.82) is 0 Å². The lowest BCUT2D eigenvalue weighted by atomic mass is 10.1. The number of carbonyl (C=O) groups is 1. The van der Waals surface area contributed by atoms with Gasteiger partial charge in [0.15, 0.2) is 5.76 Å². The number of alkyl halides is 3. The molecule has 0 spiro atoms. The van der Waals surface area contributed by atoms with E-state index in [1.54, 1.807) is 12.1 Å². The molecule has 0 radical (unpaired) electrons. The van der Waals surface area contributed by atoms with Crippen molar-refractivity contribution in [3.63, 3.8) is 0 Å². The van der Waals surface area contributed by atoms with Crippen LogP contribution in [0.2, 0.25) is 0 Å². The number of hydrogen-bond donors (Lipinski definition) is 1. The Balaban J connectivity index is 1.62. The Bertz CT molecular complexity index is 1270. The maximum atomic E-state index is 14.3. The second kappa shape index (κ2) is 8.13. The summed E-state index contributed by atoms with van der Waals surface area (Å²) in [5.74, 6) is -3.79. The van der Waals surface area contributed by atoms with E-state index in [4.69, 9.17) is 8.83 Å². The first-order chi connectivity index (χ1) is 15.2. The van der Waals surface area contributed by atoms with Crippen LogP contribution in [-0.2, 0) is 0 Å². The molecule has 2 heterocycles. The van der Waals surface area contributed by atoms with Crippen LogP contribution in [-0.4, -0.2) is 22.5 Å². The van der Waals surface area contributed by atoms with Crippen molar-refractivity contribution in [3.05, 3.63) is 72.0 Å². The van der Waals surface area contributed by atoms with Gasteiger partial charge in [-0.3, -0.25) is 4.79 Å². The number of nitrogens with one attached hydrogen (secondary N) is 1. The predicted molar refractivity (Wildman–Crippen MR) is 98.4 cm³/mol. The smallest absolute Gasteiger partial charge is 0.459 e. The van der Waals surface area contributed by atoms with Crippen LogP contribution in [0.25, 0.3) is 23.1 Å². The van der Waals surface area contributed by atoms with Crippen molar-refractivity contribution in [1.82, 2.24) is 10.2 Å². The molecule has 0 bridgehead atoms. The molecule has 0 unspecified atom stereocenters. The third-order valence-electron chi connectivity index (χ3n) is 4.03. The monoisotopic (exact) mass is 451 g/mol. The quantitative estimate of drug-likeness (QED) is 0.407. The molecule has 0 aliphatic heterocycles. The fourth-order valence-electron chi connectivity index (χ4n) is 2.68. The van der Waals surface area contributed by atoms with Gasteiger partial charge in [-0.25, -0.2) is 8.78 Å². The molecule has 0 fully saturated rings. The molecule has 4 aromatic rings. The number of hydrogen-bond acceptors (Lipinski definition) is 6. The van der Waals surface area contributed by atoms with Crippen LogP contribution in [0.3, 0.4) is 0 Å². The molecule has 0 saturated heterocycles. The number of benzene rings is 2. The lowest BCUT2D eigenvalue weighted by Crippen LogP contribution is -2.21. The molecule has 4 rings (SSSR count). The summed E-state index contributed by atoms with van der Waals surface area (Å²) in [6.07, 6.45) is -3.73. The van der Waals surface area contributed by atoms with Crippen molar-refractivity contribution in [2.75, 3.05) is 5.32 Å². The fourth-order valence-corrected chi connectivity index (χ4v) is 2.68. The maximum Gasteiger partial charge on any atom is 0.573 e. The number of anilines is 1.